The molecule has 0 bridgehead atoms. The Morgan fingerprint density at radius 1 is 1.22 bits per heavy atom. The van der Waals surface area contributed by atoms with E-state index in [2.05, 4.69) is 5.32 Å². The average Bonchev–Trinajstić information content (AvgIpc) is 2.89. The normalized spacial score (nSPS) is 10.4. The maximum atomic E-state index is 12.0. The number of nitrogens with one attached hydrogen (secondary N) is 1. The Bertz CT molecular complexity index is 739. The molecule has 23 heavy (non-hydrogen) atoms. The van der Waals surface area contributed by atoms with Gasteiger partial charge in [0.2, 0.25) is 0 Å². The van der Waals surface area contributed by atoms with E-state index in [1.807, 2.05) is 20.8 Å². The van der Waals surface area contributed by atoms with E-state index >= 15 is 0 Å². The number of rotatable bonds is 5. The van der Waals surface area contributed by atoms with Gasteiger partial charge in [0.1, 0.15) is 4.88 Å². The summed E-state index contributed by atoms with van der Waals surface area (Å²) in [5.74, 6) is -0.853. The van der Waals surface area contributed by atoms with E-state index in [9.17, 15) is 9.59 Å². The summed E-state index contributed by atoms with van der Waals surface area (Å²) in [6, 6.07) is 6.96. The highest BCUT2D eigenvalue weighted by molar-refractivity contribution is 7.14. The highest BCUT2D eigenvalue weighted by Gasteiger charge is 2.15. The number of halogens is 1. The van der Waals surface area contributed by atoms with Crippen molar-refractivity contribution in [2.75, 3.05) is 11.9 Å². The van der Waals surface area contributed by atoms with Gasteiger partial charge in [0, 0.05) is 15.6 Å². The molecule has 1 aromatic carbocycles. The Kier molecular flexibility index (Phi) is 5.80. The van der Waals surface area contributed by atoms with Crippen molar-refractivity contribution in [2.45, 2.75) is 27.2 Å². The Morgan fingerprint density at radius 2 is 1.96 bits per heavy atom. The lowest BCUT2D eigenvalue weighted by Gasteiger charge is -2.08. The number of carbonyl (C=O) groups excluding carboxylic acids is 2. The lowest BCUT2D eigenvalue weighted by molar-refractivity contribution is -0.119. The predicted molar refractivity (Wildman–Crippen MR) is 93.5 cm³/mol. The number of amides is 1. The first-order chi connectivity index (χ1) is 10.9. The summed E-state index contributed by atoms with van der Waals surface area (Å²) in [6.45, 7) is 5.52. The molecule has 1 aromatic heterocycles. The van der Waals surface area contributed by atoms with Gasteiger partial charge in [-0.2, -0.15) is 0 Å². The van der Waals surface area contributed by atoms with Gasteiger partial charge in [0.05, 0.1) is 0 Å². The van der Waals surface area contributed by atoms with Gasteiger partial charge >= 0.3 is 5.97 Å². The van der Waals surface area contributed by atoms with Crippen LogP contribution < -0.4 is 5.32 Å². The number of thiophene rings is 1. The Labute approximate surface area is 144 Å². The summed E-state index contributed by atoms with van der Waals surface area (Å²) in [4.78, 5) is 25.6. The Balaban J connectivity index is 1.91. The molecule has 0 aliphatic heterocycles. The van der Waals surface area contributed by atoms with Crippen molar-refractivity contribution in [1.29, 1.82) is 0 Å². The molecule has 122 valence electrons. The fourth-order valence-electron chi connectivity index (χ4n) is 2.13. The topological polar surface area (TPSA) is 55.4 Å². The minimum absolute atomic E-state index is 0.320. The average molecular weight is 352 g/mol. The summed E-state index contributed by atoms with van der Waals surface area (Å²) in [7, 11) is 0. The molecular weight excluding hydrogens is 334 g/mol. The molecule has 2 aromatic rings. The molecule has 0 atom stereocenters. The molecule has 0 fully saturated rings. The van der Waals surface area contributed by atoms with Crippen LogP contribution in [0.3, 0.4) is 0 Å². The van der Waals surface area contributed by atoms with Gasteiger partial charge in [-0.25, -0.2) is 4.79 Å². The van der Waals surface area contributed by atoms with E-state index in [0.29, 0.717) is 15.6 Å². The second kappa shape index (κ2) is 7.62. The van der Waals surface area contributed by atoms with Crippen LogP contribution in [0.2, 0.25) is 5.02 Å². The van der Waals surface area contributed by atoms with Crippen LogP contribution >= 0.6 is 22.9 Å². The molecule has 1 amide bonds. The highest BCUT2D eigenvalue weighted by atomic mass is 35.5. The maximum Gasteiger partial charge on any atom is 0.348 e. The van der Waals surface area contributed by atoms with E-state index in [-0.39, 0.29) is 12.5 Å². The van der Waals surface area contributed by atoms with Crippen LogP contribution in [0.1, 0.15) is 32.6 Å². The molecule has 0 saturated heterocycles. The number of ether oxygens (including phenoxy) is 1. The fraction of sp³-hybridized carbons (Fsp3) is 0.294. The summed E-state index contributed by atoms with van der Waals surface area (Å²) in [6.07, 6.45) is 0.875. The van der Waals surface area contributed by atoms with Gasteiger partial charge < -0.3 is 10.1 Å². The zero-order valence-corrected chi connectivity index (χ0v) is 14.8. The van der Waals surface area contributed by atoms with Crippen molar-refractivity contribution in [3.05, 3.63) is 50.2 Å². The Hall–Kier alpha value is -1.85. The monoisotopic (exact) mass is 351 g/mol. The molecule has 0 unspecified atom stereocenters. The number of hydrogen-bond acceptors (Lipinski definition) is 4. The quantitative estimate of drug-likeness (QED) is 0.813. The van der Waals surface area contributed by atoms with Crippen LogP contribution in [0.5, 0.6) is 0 Å². The van der Waals surface area contributed by atoms with E-state index in [1.54, 1.807) is 24.3 Å². The van der Waals surface area contributed by atoms with E-state index in [0.717, 1.165) is 22.4 Å². The number of esters is 1. The van der Waals surface area contributed by atoms with Crippen molar-refractivity contribution < 1.29 is 14.3 Å². The molecule has 4 nitrogen and oxygen atoms in total. The molecule has 0 spiro atoms. The fourth-order valence-corrected chi connectivity index (χ4v) is 3.36. The SMILES string of the molecule is CCc1sc(C(=O)OCC(=O)Nc2ccc(Cl)cc2C)cc1C. The first-order valence-electron chi connectivity index (χ1n) is 7.23. The van der Waals surface area contributed by atoms with Gasteiger partial charge in [-0.1, -0.05) is 18.5 Å². The third kappa shape index (κ3) is 4.56. The maximum absolute atomic E-state index is 12.0. The number of anilines is 1. The number of carbonyl (C=O) groups is 2. The molecule has 1 N–H and O–H groups in total. The van der Waals surface area contributed by atoms with Crippen molar-refractivity contribution >= 4 is 40.5 Å². The molecule has 0 aliphatic rings. The number of aryl methyl sites for hydroxylation is 3. The zero-order valence-electron chi connectivity index (χ0n) is 13.2. The van der Waals surface area contributed by atoms with Crippen LogP contribution in [-0.4, -0.2) is 18.5 Å². The minimum atomic E-state index is -0.472. The predicted octanol–water partition coefficient (Wildman–Crippen LogP) is 4.38. The molecule has 6 heteroatoms. The van der Waals surface area contributed by atoms with Crippen molar-refractivity contribution in [3.63, 3.8) is 0 Å². The second-order valence-electron chi connectivity index (χ2n) is 5.15. The molecule has 0 saturated carbocycles. The minimum Gasteiger partial charge on any atom is -0.451 e. The summed E-state index contributed by atoms with van der Waals surface area (Å²) >= 11 is 7.28. The van der Waals surface area contributed by atoms with Gasteiger partial charge in [0.25, 0.3) is 5.91 Å². The van der Waals surface area contributed by atoms with Gasteiger partial charge in [0.15, 0.2) is 6.61 Å². The smallest absolute Gasteiger partial charge is 0.348 e. The van der Waals surface area contributed by atoms with Crippen LogP contribution in [-0.2, 0) is 16.0 Å². The first-order valence-corrected chi connectivity index (χ1v) is 8.42. The van der Waals surface area contributed by atoms with Crippen molar-refractivity contribution in [3.8, 4) is 0 Å². The van der Waals surface area contributed by atoms with Crippen LogP contribution in [0, 0.1) is 13.8 Å². The summed E-state index contributed by atoms with van der Waals surface area (Å²) < 4.78 is 5.07. The summed E-state index contributed by atoms with van der Waals surface area (Å²) in [5.41, 5.74) is 2.57. The summed E-state index contributed by atoms with van der Waals surface area (Å²) in [5, 5.41) is 3.30. The lowest BCUT2D eigenvalue weighted by atomic mass is 10.2. The van der Waals surface area contributed by atoms with E-state index in [1.165, 1.54) is 11.3 Å². The first kappa shape index (κ1) is 17.5. The van der Waals surface area contributed by atoms with Crippen LogP contribution in [0.15, 0.2) is 24.3 Å². The second-order valence-corrected chi connectivity index (χ2v) is 6.73. The number of hydrogen-bond donors (Lipinski definition) is 1. The van der Waals surface area contributed by atoms with Crippen LogP contribution in [0.4, 0.5) is 5.69 Å². The number of benzene rings is 1. The largest absolute Gasteiger partial charge is 0.451 e. The van der Waals surface area contributed by atoms with Crippen molar-refractivity contribution in [2.24, 2.45) is 0 Å². The zero-order chi connectivity index (χ0) is 17.0. The van der Waals surface area contributed by atoms with Crippen molar-refractivity contribution in [1.82, 2.24) is 0 Å². The third-order valence-electron chi connectivity index (χ3n) is 3.34. The Morgan fingerprint density at radius 3 is 2.57 bits per heavy atom. The molecule has 0 radical (unpaired) electrons. The third-order valence-corrected chi connectivity index (χ3v) is 4.94. The molecule has 1 heterocycles. The highest BCUT2D eigenvalue weighted by Crippen LogP contribution is 2.23. The molecule has 0 aliphatic carbocycles. The van der Waals surface area contributed by atoms with E-state index in [4.69, 9.17) is 16.3 Å². The standard InChI is InChI=1S/C17H18ClNO3S/c1-4-14-11(3)8-15(23-14)17(21)22-9-16(20)19-13-6-5-12(18)7-10(13)2/h5-8H,4,9H2,1-3H3,(H,19,20). The van der Waals surface area contributed by atoms with Gasteiger partial charge in [-0.05, 0) is 55.7 Å². The van der Waals surface area contributed by atoms with Gasteiger partial charge in [-0.3, -0.25) is 4.79 Å². The molecule has 2 rings (SSSR count). The van der Waals surface area contributed by atoms with Gasteiger partial charge in [-0.15, -0.1) is 11.3 Å². The molecular formula is C17H18ClNO3S. The van der Waals surface area contributed by atoms with E-state index < -0.39 is 5.97 Å². The lowest BCUT2D eigenvalue weighted by Crippen LogP contribution is -2.21. The van der Waals surface area contributed by atoms with Crippen LogP contribution in [0.25, 0.3) is 0 Å².